The first-order valence-corrected chi connectivity index (χ1v) is 21.0. The molecule has 1 amide bonds. The van der Waals surface area contributed by atoms with Crippen LogP contribution in [0.4, 0.5) is 14.5 Å². The monoisotopic (exact) mass is 837 g/mol. The number of rotatable bonds is 12. The summed E-state index contributed by atoms with van der Waals surface area (Å²) >= 11 is 0. The summed E-state index contributed by atoms with van der Waals surface area (Å²) in [6, 6.07) is 18.4. The van der Waals surface area contributed by atoms with E-state index in [2.05, 4.69) is 5.32 Å². The fraction of sp³-hybridized carbons (Fsp3) is 0.289. The Morgan fingerprint density at radius 2 is 1.38 bits per heavy atom. The van der Waals surface area contributed by atoms with Crippen molar-refractivity contribution in [3.8, 4) is 5.69 Å². The Balaban J connectivity index is 1.18. The van der Waals surface area contributed by atoms with Crippen molar-refractivity contribution in [2.24, 2.45) is 0 Å². The van der Waals surface area contributed by atoms with Gasteiger partial charge in [-0.05, 0) is 66.2 Å². The Labute approximate surface area is 331 Å². The molecule has 2 aliphatic heterocycles. The number of benzene rings is 4. The van der Waals surface area contributed by atoms with E-state index >= 15 is 0 Å². The summed E-state index contributed by atoms with van der Waals surface area (Å²) in [6.07, 6.45) is -0.212. The van der Waals surface area contributed by atoms with Gasteiger partial charge < -0.3 is 10.1 Å². The molecule has 0 aliphatic carbocycles. The number of amides is 1. The van der Waals surface area contributed by atoms with Gasteiger partial charge in [0.05, 0.1) is 57.1 Å². The number of nitro groups is 1. The molecule has 0 spiro atoms. The predicted octanol–water partition coefficient (Wildman–Crippen LogP) is 3.00. The molecule has 3 heterocycles. The predicted molar refractivity (Wildman–Crippen MR) is 206 cm³/mol. The lowest BCUT2D eigenvalue weighted by Crippen LogP contribution is -2.51. The van der Waals surface area contributed by atoms with Gasteiger partial charge in [0, 0.05) is 63.9 Å². The molecule has 0 bridgehead atoms. The number of sulfonamides is 2. The first kappa shape index (κ1) is 40.7. The highest BCUT2D eigenvalue weighted by Gasteiger charge is 2.31. The molecule has 5 aromatic rings. The Morgan fingerprint density at radius 1 is 0.810 bits per heavy atom. The van der Waals surface area contributed by atoms with Gasteiger partial charge >= 0.3 is 0 Å². The van der Waals surface area contributed by atoms with E-state index in [0.29, 0.717) is 6.07 Å². The highest BCUT2D eigenvalue weighted by molar-refractivity contribution is 7.89. The average molecular weight is 838 g/mol. The van der Waals surface area contributed by atoms with E-state index in [4.69, 9.17) is 9.72 Å². The topological polar surface area (TPSA) is 194 Å². The molecule has 4 aromatic carbocycles. The highest BCUT2D eigenvalue weighted by Crippen LogP contribution is 2.26. The molecular weight excluding hydrogens is 801 g/mol. The second-order valence-corrected chi connectivity index (χ2v) is 17.5. The summed E-state index contributed by atoms with van der Waals surface area (Å²) in [7, 11) is -7.86. The molecule has 16 nitrogen and oxygen atoms in total. The Kier molecular flexibility index (Phi) is 11.8. The fourth-order valence-electron chi connectivity index (χ4n) is 6.97. The second-order valence-electron chi connectivity index (χ2n) is 13.7. The molecular formula is C38H37F2N7O9S2. The largest absolute Gasteiger partial charge is 0.379 e. The summed E-state index contributed by atoms with van der Waals surface area (Å²) in [6.45, 7) is 0.986. The fourth-order valence-corrected chi connectivity index (χ4v) is 9.80. The molecule has 2 saturated heterocycles. The van der Waals surface area contributed by atoms with Crippen LogP contribution in [0.25, 0.3) is 16.6 Å². The number of ether oxygens (including phenoxy) is 1. The van der Waals surface area contributed by atoms with Gasteiger partial charge in [0.15, 0.2) is 0 Å². The zero-order chi connectivity index (χ0) is 41.2. The first-order valence-electron chi connectivity index (χ1n) is 18.1. The number of para-hydroxylation sites is 1. The lowest BCUT2D eigenvalue weighted by Gasteiger charge is -2.34. The van der Waals surface area contributed by atoms with Crippen molar-refractivity contribution in [1.82, 2.24) is 28.4 Å². The number of aromatic nitrogens is 2. The molecule has 20 heteroatoms. The molecule has 1 N–H and O–H groups in total. The summed E-state index contributed by atoms with van der Waals surface area (Å²) in [5, 5.41) is 14.1. The van der Waals surface area contributed by atoms with E-state index in [9.17, 15) is 45.3 Å². The zero-order valence-electron chi connectivity index (χ0n) is 30.7. The van der Waals surface area contributed by atoms with Crippen molar-refractivity contribution in [1.29, 1.82) is 0 Å². The van der Waals surface area contributed by atoms with Gasteiger partial charge in [-0.2, -0.15) is 8.61 Å². The maximum atomic E-state index is 14.5. The third kappa shape index (κ3) is 8.66. The smallest absolute Gasteiger partial charge is 0.269 e. The molecule has 0 unspecified atom stereocenters. The van der Waals surface area contributed by atoms with Crippen LogP contribution in [0.15, 0.2) is 106 Å². The van der Waals surface area contributed by atoms with Gasteiger partial charge in [-0.1, -0.05) is 12.1 Å². The first-order chi connectivity index (χ1) is 27.7. The quantitative estimate of drug-likeness (QED) is 0.143. The minimum atomic E-state index is -3.98. The van der Waals surface area contributed by atoms with Gasteiger partial charge in [0.1, 0.15) is 17.5 Å². The Bertz CT molecular complexity index is 2610. The van der Waals surface area contributed by atoms with Gasteiger partial charge in [-0.3, -0.25) is 29.2 Å². The molecule has 1 atom stereocenters. The minimum Gasteiger partial charge on any atom is -0.379 e. The summed E-state index contributed by atoms with van der Waals surface area (Å²) in [5.41, 5.74) is -0.151. The number of carbonyl (C=O) groups excluding carboxylic acids is 1. The second kappa shape index (κ2) is 16.8. The maximum Gasteiger partial charge on any atom is 0.269 e. The van der Waals surface area contributed by atoms with Gasteiger partial charge in [-0.15, -0.1) is 0 Å². The average Bonchev–Trinajstić information content (AvgIpc) is 3.21. The van der Waals surface area contributed by atoms with Crippen LogP contribution in [0.1, 0.15) is 17.4 Å². The summed E-state index contributed by atoms with van der Waals surface area (Å²) in [5.74, 6) is -2.27. The molecule has 1 aromatic heterocycles. The number of non-ortho nitro benzene ring substituents is 1. The SMILES string of the molecule is O=C(CN1CCN(S(=O)(=O)c2ccc([N+](=O)[O-])cc2)CC1)N[C@@H](Cc1cc(F)cc(F)c1)c1nc2ccccc2c(=O)n1-c1ccc(S(=O)(=O)N2CCOCC2)cc1. The van der Waals surface area contributed by atoms with E-state index in [0.717, 1.165) is 24.3 Å². The molecule has 0 saturated carbocycles. The van der Waals surface area contributed by atoms with Crippen LogP contribution in [0.5, 0.6) is 0 Å². The zero-order valence-corrected chi connectivity index (χ0v) is 32.4. The van der Waals surface area contributed by atoms with E-state index in [1.54, 1.807) is 29.2 Å². The van der Waals surface area contributed by atoms with Crippen molar-refractivity contribution in [3.05, 3.63) is 134 Å². The number of piperazine rings is 1. The van der Waals surface area contributed by atoms with Crippen LogP contribution in [-0.2, 0) is 36.0 Å². The third-order valence-corrected chi connectivity index (χ3v) is 13.7. The van der Waals surface area contributed by atoms with Crippen LogP contribution in [0.2, 0.25) is 0 Å². The number of carbonyl (C=O) groups is 1. The number of fused-ring (bicyclic) bond motifs is 1. The van der Waals surface area contributed by atoms with Crippen molar-refractivity contribution >= 4 is 42.5 Å². The molecule has 7 rings (SSSR count). The van der Waals surface area contributed by atoms with E-state index in [-0.39, 0.29) is 109 Å². The normalized spacial score (nSPS) is 16.6. The molecule has 2 aliphatic rings. The lowest BCUT2D eigenvalue weighted by molar-refractivity contribution is -0.384. The number of nitrogens with zero attached hydrogens (tertiary/aromatic N) is 6. The van der Waals surface area contributed by atoms with Crippen LogP contribution in [0.3, 0.4) is 0 Å². The number of nitrogens with one attached hydrogen (secondary N) is 1. The van der Waals surface area contributed by atoms with Gasteiger partial charge in [0.2, 0.25) is 26.0 Å². The number of morpholine rings is 1. The number of hydrogen-bond acceptors (Lipinski definition) is 11. The maximum absolute atomic E-state index is 14.5. The number of halogens is 2. The van der Waals surface area contributed by atoms with Crippen LogP contribution in [-0.4, -0.2) is 110 Å². The molecule has 304 valence electrons. The molecule has 58 heavy (non-hydrogen) atoms. The van der Waals surface area contributed by atoms with Gasteiger partial charge in [-0.25, -0.2) is 30.6 Å². The van der Waals surface area contributed by atoms with Crippen LogP contribution < -0.4 is 10.9 Å². The molecule has 2 fully saturated rings. The Morgan fingerprint density at radius 3 is 1.98 bits per heavy atom. The highest BCUT2D eigenvalue weighted by atomic mass is 32.2. The van der Waals surface area contributed by atoms with Crippen molar-refractivity contribution in [3.63, 3.8) is 0 Å². The number of nitro benzene ring substituents is 1. The number of hydrogen-bond donors (Lipinski definition) is 1. The van der Waals surface area contributed by atoms with Crippen molar-refractivity contribution < 1.29 is 40.1 Å². The molecule has 0 radical (unpaired) electrons. The van der Waals surface area contributed by atoms with Gasteiger partial charge in [0.25, 0.3) is 11.2 Å². The van der Waals surface area contributed by atoms with Crippen molar-refractivity contribution in [2.45, 2.75) is 22.3 Å². The third-order valence-electron chi connectivity index (χ3n) is 9.90. The van der Waals surface area contributed by atoms with E-state index in [1.165, 1.54) is 49.6 Å². The van der Waals surface area contributed by atoms with Crippen LogP contribution in [0, 0.1) is 21.7 Å². The van der Waals surface area contributed by atoms with Crippen molar-refractivity contribution in [2.75, 3.05) is 59.0 Å². The van der Waals surface area contributed by atoms with Crippen LogP contribution >= 0.6 is 0 Å². The summed E-state index contributed by atoms with van der Waals surface area (Å²) < 4.78 is 91.3. The lowest BCUT2D eigenvalue weighted by atomic mass is 10.0. The van der Waals surface area contributed by atoms with E-state index in [1.807, 2.05) is 0 Å². The standard InChI is InChI=1S/C38H37F2N7O9S2/c39-27-21-26(22-28(40)24-27)23-35(41-36(48)25-43-13-15-44(16-14-43)57(52,53)32-11-7-30(8-12-32)47(50)51)37-42-34-4-2-1-3-33(34)38(49)46(37)29-5-9-31(10-6-29)58(54,55)45-17-19-56-20-18-45/h1-12,21-22,24,35H,13-20,23,25H2,(H,41,48)/t35-/m0/s1. The van der Waals surface area contributed by atoms with E-state index < -0.39 is 54.1 Å². The summed E-state index contributed by atoms with van der Waals surface area (Å²) in [4.78, 5) is 44.9. The Hall–Kier alpha value is -5.51. The minimum absolute atomic E-state index is 0.00418.